The Morgan fingerprint density at radius 1 is 1.69 bits per heavy atom. The van der Waals surface area contributed by atoms with Gasteiger partial charge >= 0.3 is 5.97 Å². The normalized spacial score (nSPS) is 19.5. The molecule has 0 amide bonds. The summed E-state index contributed by atoms with van der Waals surface area (Å²) >= 11 is 1.77. The van der Waals surface area contributed by atoms with Crippen molar-refractivity contribution in [3.63, 3.8) is 0 Å². The number of hydrogen-bond acceptors (Lipinski definition) is 4. The van der Waals surface area contributed by atoms with Gasteiger partial charge in [0.05, 0.1) is 12.0 Å². The van der Waals surface area contributed by atoms with E-state index in [0.29, 0.717) is 0 Å². The smallest absolute Gasteiger partial charge is 0.305 e. The van der Waals surface area contributed by atoms with Crippen LogP contribution in [0.3, 0.4) is 0 Å². The predicted octanol–water partition coefficient (Wildman–Crippen LogP) is -0.244. The number of carboxylic acids is 1. The van der Waals surface area contributed by atoms with Crippen LogP contribution in [-0.4, -0.2) is 48.3 Å². The maximum Gasteiger partial charge on any atom is 0.305 e. The Kier molecular flexibility index (Phi) is 4.02. The minimum atomic E-state index is -0.724. The van der Waals surface area contributed by atoms with Crippen LogP contribution in [-0.2, 0) is 4.79 Å². The van der Waals surface area contributed by atoms with E-state index >= 15 is 0 Å². The molecule has 3 N–H and O–H groups in total. The average molecular weight is 204 g/mol. The molecule has 0 aromatic carbocycles. The lowest BCUT2D eigenvalue weighted by molar-refractivity contribution is -0.139. The highest BCUT2D eigenvalue weighted by atomic mass is 32.2. The van der Waals surface area contributed by atoms with Crippen LogP contribution in [0.4, 0.5) is 0 Å². The number of carboxylic acid groups (broad SMARTS) is 1. The highest BCUT2D eigenvalue weighted by molar-refractivity contribution is 7.98. The van der Waals surface area contributed by atoms with E-state index in [1.54, 1.807) is 11.8 Å². The summed E-state index contributed by atoms with van der Waals surface area (Å²) in [5.74, 6) is 0.305. The molecule has 1 fully saturated rings. The second-order valence-corrected chi connectivity index (χ2v) is 4.36. The molecular weight excluding hydrogens is 188 g/mol. The Balaban J connectivity index is 2.27. The topological polar surface area (TPSA) is 61.4 Å². The zero-order valence-corrected chi connectivity index (χ0v) is 8.62. The molecule has 0 spiro atoms. The van der Waals surface area contributed by atoms with E-state index in [1.165, 1.54) is 0 Å². The van der Waals surface area contributed by atoms with Crippen LogP contribution in [0.2, 0.25) is 0 Å². The van der Waals surface area contributed by atoms with Gasteiger partial charge in [-0.3, -0.25) is 4.79 Å². The van der Waals surface area contributed by atoms with Crippen molar-refractivity contribution in [1.82, 2.24) is 10.6 Å². The number of thioether (sulfide) groups is 1. The van der Waals surface area contributed by atoms with E-state index in [1.807, 2.05) is 6.26 Å². The van der Waals surface area contributed by atoms with Gasteiger partial charge in [-0.1, -0.05) is 0 Å². The van der Waals surface area contributed by atoms with Gasteiger partial charge in [-0.05, 0) is 6.26 Å². The van der Waals surface area contributed by atoms with E-state index in [4.69, 9.17) is 5.11 Å². The standard InChI is InChI=1S/C8H16N2O2S/c1-13-3-2-10-8(4-7(11)12)5-9-6-8/h9-10H,2-6H2,1H3,(H,11,12). The highest BCUT2D eigenvalue weighted by Crippen LogP contribution is 2.15. The maximum absolute atomic E-state index is 10.6. The lowest BCUT2D eigenvalue weighted by atomic mass is 9.88. The molecule has 76 valence electrons. The monoisotopic (exact) mass is 204 g/mol. The Bertz CT molecular complexity index is 183. The van der Waals surface area contributed by atoms with Gasteiger partial charge in [0.25, 0.3) is 0 Å². The third-order valence-corrected chi connectivity index (χ3v) is 2.83. The quantitative estimate of drug-likeness (QED) is 0.521. The molecule has 0 radical (unpaired) electrons. The summed E-state index contributed by atoms with van der Waals surface area (Å²) in [6, 6.07) is 0. The number of aliphatic carboxylic acids is 1. The third-order valence-electron chi connectivity index (χ3n) is 2.22. The summed E-state index contributed by atoms with van der Waals surface area (Å²) in [6.45, 7) is 2.43. The molecule has 0 atom stereocenters. The van der Waals surface area contributed by atoms with E-state index in [9.17, 15) is 4.79 Å². The van der Waals surface area contributed by atoms with Crippen molar-refractivity contribution in [1.29, 1.82) is 0 Å². The van der Waals surface area contributed by atoms with E-state index in [2.05, 4.69) is 10.6 Å². The molecule has 0 aliphatic carbocycles. The first-order valence-corrected chi connectivity index (χ1v) is 5.74. The molecule has 0 aromatic rings. The number of carbonyl (C=O) groups is 1. The first kappa shape index (κ1) is 10.8. The average Bonchev–Trinajstić information content (AvgIpc) is 1.99. The van der Waals surface area contributed by atoms with Crippen LogP contribution in [0.1, 0.15) is 6.42 Å². The van der Waals surface area contributed by atoms with Crippen LogP contribution >= 0.6 is 11.8 Å². The minimum Gasteiger partial charge on any atom is -0.481 e. The molecule has 1 aliphatic rings. The van der Waals surface area contributed by atoms with Crippen LogP contribution < -0.4 is 10.6 Å². The van der Waals surface area contributed by atoms with Gasteiger partial charge in [-0.25, -0.2) is 0 Å². The Labute approximate surface area is 82.5 Å². The van der Waals surface area contributed by atoms with E-state index < -0.39 is 5.97 Å². The molecule has 13 heavy (non-hydrogen) atoms. The largest absolute Gasteiger partial charge is 0.481 e. The molecular formula is C8H16N2O2S. The van der Waals surface area contributed by atoms with Crippen molar-refractivity contribution in [3.8, 4) is 0 Å². The third kappa shape index (κ3) is 3.17. The second kappa shape index (κ2) is 4.83. The molecule has 1 saturated heterocycles. The zero-order valence-electron chi connectivity index (χ0n) is 7.80. The molecule has 4 nitrogen and oxygen atoms in total. The minimum absolute atomic E-state index is 0.179. The summed E-state index contributed by atoms with van der Waals surface area (Å²) in [4.78, 5) is 10.6. The van der Waals surface area contributed by atoms with Crippen molar-refractivity contribution in [3.05, 3.63) is 0 Å². The summed E-state index contributed by atoms with van der Waals surface area (Å²) in [7, 11) is 0. The first-order chi connectivity index (χ1) is 6.18. The van der Waals surface area contributed by atoms with Crippen LogP contribution in [0.5, 0.6) is 0 Å². The number of nitrogens with one attached hydrogen (secondary N) is 2. The Morgan fingerprint density at radius 2 is 2.38 bits per heavy atom. The Hall–Kier alpha value is -0.260. The number of hydrogen-bond donors (Lipinski definition) is 3. The molecule has 1 heterocycles. The fraction of sp³-hybridized carbons (Fsp3) is 0.875. The highest BCUT2D eigenvalue weighted by Gasteiger charge is 2.38. The van der Waals surface area contributed by atoms with Gasteiger partial charge in [-0.2, -0.15) is 11.8 Å². The van der Waals surface area contributed by atoms with Gasteiger partial charge in [-0.15, -0.1) is 0 Å². The van der Waals surface area contributed by atoms with Gasteiger partial charge in [0.1, 0.15) is 0 Å². The van der Waals surface area contributed by atoms with Crippen molar-refractivity contribution in [2.75, 3.05) is 31.6 Å². The van der Waals surface area contributed by atoms with Crippen molar-refractivity contribution in [2.45, 2.75) is 12.0 Å². The molecule has 0 aromatic heterocycles. The fourth-order valence-corrected chi connectivity index (χ4v) is 1.75. The van der Waals surface area contributed by atoms with Gasteiger partial charge in [0.15, 0.2) is 0 Å². The van der Waals surface area contributed by atoms with Crippen LogP contribution in [0.25, 0.3) is 0 Å². The van der Waals surface area contributed by atoms with Crippen LogP contribution in [0, 0.1) is 0 Å². The first-order valence-electron chi connectivity index (χ1n) is 4.35. The molecule has 0 unspecified atom stereocenters. The SMILES string of the molecule is CSCCNC1(CC(=O)O)CNC1. The van der Waals surface area contributed by atoms with E-state index in [0.717, 1.165) is 25.4 Å². The van der Waals surface area contributed by atoms with Gasteiger partial charge < -0.3 is 15.7 Å². The zero-order chi connectivity index (χ0) is 9.73. The lowest BCUT2D eigenvalue weighted by Gasteiger charge is -2.42. The molecule has 5 heteroatoms. The summed E-state index contributed by atoms with van der Waals surface area (Å²) in [6.07, 6.45) is 2.26. The van der Waals surface area contributed by atoms with E-state index in [-0.39, 0.29) is 12.0 Å². The van der Waals surface area contributed by atoms with Crippen molar-refractivity contribution >= 4 is 17.7 Å². The summed E-state index contributed by atoms with van der Waals surface area (Å²) in [5, 5.41) is 15.1. The maximum atomic E-state index is 10.6. The van der Waals surface area contributed by atoms with Crippen molar-refractivity contribution < 1.29 is 9.90 Å². The summed E-state index contributed by atoms with van der Waals surface area (Å²) < 4.78 is 0. The van der Waals surface area contributed by atoms with Gasteiger partial charge in [0, 0.05) is 25.4 Å². The Morgan fingerprint density at radius 3 is 2.77 bits per heavy atom. The molecule has 1 aliphatic heterocycles. The van der Waals surface area contributed by atoms with Gasteiger partial charge in [0.2, 0.25) is 0 Å². The molecule has 0 saturated carbocycles. The molecule has 0 bridgehead atoms. The summed E-state index contributed by atoms with van der Waals surface area (Å²) in [5.41, 5.74) is -0.179. The predicted molar refractivity (Wildman–Crippen MR) is 54.2 cm³/mol. The second-order valence-electron chi connectivity index (χ2n) is 3.37. The fourth-order valence-electron chi connectivity index (χ4n) is 1.45. The van der Waals surface area contributed by atoms with Crippen LogP contribution in [0.15, 0.2) is 0 Å². The molecule has 1 rings (SSSR count). The van der Waals surface area contributed by atoms with Crippen molar-refractivity contribution in [2.24, 2.45) is 0 Å². The number of rotatable bonds is 6. The lowest BCUT2D eigenvalue weighted by Crippen LogP contribution is -2.68.